The predicted octanol–water partition coefficient (Wildman–Crippen LogP) is 4.29. The highest BCUT2D eigenvalue weighted by atomic mass is 19.1. The molecule has 6 rings (SSSR count). The first kappa shape index (κ1) is 31.6. The molecule has 1 fully saturated rings. The van der Waals surface area contributed by atoms with Crippen molar-refractivity contribution in [3.05, 3.63) is 119 Å². The minimum Gasteiger partial charge on any atom is -0.354 e. The maximum absolute atomic E-state index is 14.1. The summed E-state index contributed by atoms with van der Waals surface area (Å²) in [6.07, 6.45) is 3.11. The smallest absolute Gasteiger partial charge is 0.258 e. The maximum Gasteiger partial charge on any atom is 0.258 e. The molecule has 2 aliphatic heterocycles. The Bertz CT molecular complexity index is 1820. The van der Waals surface area contributed by atoms with Crippen LogP contribution in [-0.2, 0) is 16.1 Å². The number of nitrogens with one attached hydrogen (secondary N) is 3. The molecular formula is C36H36FN7O3. The van der Waals surface area contributed by atoms with E-state index in [2.05, 4.69) is 37.8 Å². The molecule has 0 atom stereocenters. The molecule has 0 bridgehead atoms. The van der Waals surface area contributed by atoms with Crippen LogP contribution in [0.4, 0.5) is 21.5 Å². The van der Waals surface area contributed by atoms with Crippen molar-refractivity contribution in [2.45, 2.75) is 6.54 Å². The number of hydrogen-bond donors (Lipinski definition) is 3. The summed E-state index contributed by atoms with van der Waals surface area (Å²) < 4.78 is 14.1. The summed E-state index contributed by atoms with van der Waals surface area (Å²) in [6.45, 7) is 4.21. The Balaban J connectivity index is 1.25. The molecule has 0 saturated carbocycles. The van der Waals surface area contributed by atoms with Crippen molar-refractivity contribution < 1.29 is 18.8 Å². The number of pyridine rings is 1. The number of fused-ring (bicyclic) bond motifs is 1. The molecule has 0 spiro atoms. The number of benzene rings is 3. The van der Waals surface area contributed by atoms with Gasteiger partial charge in [-0.25, -0.2) is 4.39 Å². The third-order valence-corrected chi connectivity index (χ3v) is 8.42. The number of halogens is 1. The maximum atomic E-state index is 14.1. The minimum absolute atomic E-state index is 0.0111. The second kappa shape index (κ2) is 13.9. The van der Waals surface area contributed by atoms with Gasteiger partial charge in [0.05, 0.1) is 29.1 Å². The summed E-state index contributed by atoms with van der Waals surface area (Å²) in [5.41, 5.74) is 5.23. The highest BCUT2D eigenvalue weighted by molar-refractivity contribution is 6.37. The fourth-order valence-electron chi connectivity index (χ4n) is 5.65. The molecule has 0 radical (unpaired) electrons. The van der Waals surface area contributed by atoms with Gasteiger partial charge in [0.25, 0.3) is 11.8 Å². The number of anilines is 3. The Labute approximate surface area is 272 Å². The van der Waals surface area contributed by atoms with Crippen molar-refractivity contribution in [1.82, 2.24) is 20.1 Å². The molecule has 1 aromatic heterocycles. The Morgan fingerprint density at radius 2 is 1.72 bits per heavy atom. The molecule has 10 nitrogen and oxygen atoms in total. The normalized spacial score (nSPS) is 15.9. The molecule has 0 unspecified atom stereocenters. The van der Waals surface area contributed by atoms with Gasteiger partial charge in [0, 0.05) is 69.1 Å². The van der Waals surface area contributed by atoms with Crippen LogP contribution in [0.15, 0.2) is 91.3 Å². The van der Waals surface area contributed by atoms with E-state index in [4.69, 9.17) is 0 Å². The third-order valence-electron chi connectivity index (χ3n) is 8.42. The monoisotopic (exact) mass is 633 g/mol. The van der Waals surface area contributed by atoms with E-state index in [9.17, 15) is 18.8 Å². The van der Waals surface area contributed by atoms with Crippen LogP contribution >= 0.6 is 0 Å². The lowest BCUT2D eigenvalue weighted by Gasteiger charge is -2.32. The van der Waals surface area contributed by atoms with Crippen molar-refractivity contribution >= 4 is 46.1 Å². The zero-order valence-electron chi connectivity index (χ0n) is 26.3. The molecule has 240 valence electrons. The third kappa shape index (κ3) is 7.37. The first-order valence-corrected chi connectivity index (χ1v) is 15.4. The number of amides is 3. The lowest BCUT2D eigenvalue weighted by molar-refractivity contribution is -0.119. The van der Waals surface area contributed by atoms with E-state index in [-0.39, 0.29) is 24.3 Å². The number of nitrogens with zero attached hydrogens (tertiary/aromatic N) is 4. The van der Waals surface area contributed by atoms with E-state index >= 15 is 0 Å². The van der Waals surface area contributed by atoms with Crippen LogP contribution in [0.5, 0.6) is 0 Å². The van der Waals surface area contributed by atoms with Gasteiger partial charge in [-0.1, -0.05) is 18.2 Å². The van der Waals surface area contributed by atoms with Gasteiger partial charge in [-0.15, -0.1) is 0 Å². The quantitative estimate of drug-likeness (QED) is 0.236. The lowest BCUT2D eigenvalue weighted by atomic mass is 9.98. The van der Waals surface area contributed by atoms with Gasteiger partial charge in [-0.05, 0) is 78.8 Å². The minimum atomic E-state index is -0.451. The fraction of sp³-hybridized carbons (Fsp3) is 0.222. The number of carbonyl (C=O) groups excluding carboxylic acids is 3. The number of hydrogen-bond acceptors (Lipinski definition) is 7. The molecule has 47 heavy (non-hydrogen) atoms. The summed E-state index contributed by atoms with van der Waals surface area (Å²) in [5.74, 6) is -1.06. The van der Waals surface area contributed by atoms with Gasteiger partial charge in [-0.2, -0.15) is 0 Å². The molecule has 3 aromatic carbocycles. The molecule has 4 aromatic rings. The van der Waals surface area contributed by atoms with Crippen LogP contribution in [0.2, 0.25) is 0 Å². The van der Waals surface area contributed by atoms with Gasteiger partial charge in [0.1, 0.15) is 5.82 Å². The van der Waals surface area contributed by atoms with Gasteiger partial charge < -0.3 is 25.8 Å². The summed E-state index contributed by atoms with van der Waals surface area (Å²) >= 11 is 0. The van der Waals surface area contributed by atoms with Crippen molar-refractivity contribution in [2.75, 3.05) is 62.4 Å². The summed E-state index contributed by atoms with van der Waals surface area (Å²) in [7, 11) is 3.85. The number of likely N-dealkylation sites (N-methyl/N-ethyl adjacent to an activating group) is 2. The van der Waals surface area contributed by atoms with Crippen molar-refractivity contribution in [1.29, 1.82) is 0 Å². The molecule has 3 amide bonds. The Kier molecular flexibility index (Phi) is 9.37. The predicted molar refractivity (Wildman–Crippen MR) is 181 cm³/mol. The first-order chi connectivity index (χ1) is 22.7. The highest BCUT2D eigenvalue weighted by Crippen LogP contribution is 2.38. The van der Waals surface area contributed by atoms with Crippen molar-refractivity contribution in [3.8, 4) is 0 Å². The molecule has 0 aliphatic carbocycles. The molecular weight excluding hydrogens is 597 g/mol. The van der Waals surface area contributed by atoms with Crippen LogP contribution in [-0.4, -0.2) is 79.3 Å². The molecule has 3 N–H and O–H groups in total. The van der Waals surface area contributed by atoms with E-state index in [0.717, 1.165) is 37.4 Å². The number of piperazine rings is 1. The Morgan fingerprint density at radius 3 is 2.47 bits per heavy atom. The zero-order chi connectivity index (χ0) is 32.9. The van der Waals surface area contributed by atoms with E-state index in [1.165, 1.54) is 18.3 Å². The van der Waals surface area contributed by atoms with Crippen LogP contribution in [0.3, 0.4) is 0 Å². The molecule has 2 aliphatic rings. The van der Waals surface area contributed by atoms with E-state index in [1.54, 1.807) is 36.3 Å². The average molecular weight is 634 g/mol. The summed E-state index contributed by atoms with van der Waals surface area (Å²) in [6, 6.07) is 22.5. The second-order valence-electron chi connectivity index (χ2n) is 11.7. The largest absolute Gasteiger partial charge is 0.354 e. The molecule has 11 heteroatoms. The average Bonchev–Trinajstić information content (AvgIpc) is 3.41. The SMILES string of the molecule is CN1CCN(CC(=O)N(C)c2ccc(N/C(=C3\C(=O)Nc4cc(F)ccc43)c3cccc(CNC(=O)c4cccnc4)c3)cc2)CC1. The van der Waals surface area contributed by atoms with Crippen molar-refractivity contribution in [3.63, 3.8) is 0 Å². The van der Waals surface area contributed by atoms with Gasteiger partial charge in [0.2, 0.25) is 5.91 Å². The van der Waals surface area contributed by atoms with Crippen LogP contribution in [0.25, 0.3) is 11.3 Å². The molecule has 1 saturated heterocycles. The Hall–Kier alpha value is -5.39. The lowest BCUT2D eigenvalue weighted by Crippen LogP contribution is -2.48. The van der Waals surface area contributed by atoms with Crippen molar-refractivity contribution in [2.24, 2.45) is 0 Å². The number of rotatable bonds is 9. The van der Waals surface area contributed by atoms with Crippen LogP contribution in [0.1, 0.15) is 27.0 Å². The standard InChI is InChI=1S/C36H36FN7O3/c1-42-15-17-44(18-16-42)23-32(45)43(2)29-11-9-28(10-12-29)40-34(33-30-13-8-27(37)20-31(30)41-36(33)47)25-6-3-5-24(19-25)21-39-35(46)26-7-4-14-38-22-26/h3-14,19-20,22,40H,15-18,21,23H2,1-2H3,(H,39,46)(H,41,47)/b34-33-. The van der Waals surface area contributed by atoms with Gasteiger partial charge in [0.15, 0.2) is 0 Å². The topological polar surface area (TPSA) is 110 Å². The highest BCUT2D eigenvalue weighted by Gasteiger charge is 2.29. The molecule has 3 heterocycles. The summed E-state index contributed by atoms with van der Waals surface area (Å²) in [4.78, 5) is 49.1. The second-order valence-corrected chi connectivity index (χ2v) is 11.7. The number of carbonyl (C=O) groups is 3. The zero-order valence-corrected chi connectivity index (χ0v) is 26.3. The van der Waals surface area contributed by atoms with E-state index < -0.39 is 5.82 Å². The van der Waals surface area contributed by atoms with Gasteiger partial charge in [-0.3, -0.25) is 24.3 Å². The van der Waals surface area contributed by atoms with Crippen LogP contribution in [0, 0.1) is 5.82 Å². The van der Waals surface area contributed by atoms with Crippen LogP contribution < -0.4 is 20.9 Å². The Morgan fingerprint density at radius 1 is 0.957 bits per heavy atom. The fourth-order valence-corrected chi connectivity index (χ4v) is 5.65. The number of aromatic nitrogens is 1. The van der Waals surface area contributed by atoms with E-state index in [0.29, 0.717) is 45.9 Å². The van der Waals surface area contributed by atoms with Gasteiger partial charge >= 0.3 is 0 Å². The summed E-state index contributed by atoms with van der Waals surface area (Å²) in [5, 5.41) is 9.11. The van der Waals surface area contributed by atoms with E-state index in [1.807, 2.05) is 48.5 Å². The first-order valence-electron chi connectivity index (χ1n) is 15.4.